The number of ether oxygens (including phenoxy) is 1. The van der Waals surface area contributed by atoms with Crippen molar-refractivity contribution in [3.05, 3.63) is 82.6 Å². The fraction of sp³-hybridized carbons (Fsp3) is 0.438. The fourth-order valence-electron chi connectivity index (χ4n) is 6.82. The highest BCUT2D eigenvalue weighted by molar-refractivity contribution is 5.68. The standard InChI is InChI=1S/C32H38FN7O2/c1-6-9-25-22(7-2)23-16-27(30-34-17-28(37-30)26-15-14-24(33)18(3)35-26)38-32(29(23)36-25,31-40-39-19(4)42-31)20-10-8-11-21(41-5)13-12-20/h6-7,9,14-15,17,20-21,27,36,38H,2,8,10-13,16H2,1,3-5H3,(H,34,37)/b9-6-. The van der Waals surface area contributed by atoms with Crippen LogP contribution in [0.2, 0.25) is 0 Å². The van der Waals surface area contributed by atoms with Crippen LogP contribution >= 0.6 is 0 Å². The van der Waals surface area contributed by atoms with Crippen molar-refractivity contribution in [2.45, 2.75) is 77.0 Å². The van der Waals surface area contributed by atoms with Crippen molar-refractivity contribution in [2.75, 3.05) is 7.11 Å². The van der Waals surface area contributed by atoms with Gasteiger partial charge in [-0.3, -0.25) is 5.32 Å². The van der Waals surface area contributed by atoms with E-state index in [0.29, 0.717) is 29.6 Å². The highest BCUT2D eigenvalue weighted by atomic mass is 19.1. The van der Waals surface area contributed by atoms with E-state index in [1.54, 1.807) is 26.3 Å². The lowest BCUT2D eigenvalue weighted by Crippen LogP contribution is -2.55. The molecule has 1 saturated carbocycles. The van der Waals surface area contributed by atoms with Crippen molar-refractivity contribution < 1.29 is 13.5 Å². The van der Waals surface area contributed by atoms with Gasteiger partial charge in [0.05, 0.1) is 35.4 Å². The summed E-state index contributed by atoms with van der Waals surface area (Å²) in [6, 6.07) is 2.89. The lowest BCUT2D eigenvalue weighted by atomic mass is 9.71. The summed E-state index contributed by atoms with van der Waals surface area (Å²) in [7, 11) is 1.80. The minimum Gasteiger partial charge on any atom is -0.423 e. The van der Waals surface area contributed by atoms with Crippen molar-refractivity contribution >= 4 is 12.2 Å². The quantitative estimate of drug-likeness (QED) is 0.222. The molecule has 2 aliphatic rings. The van der Waals surface area contributed by atoms with Crippen LogP contribution in [0.3, 0.4) is 0 Å². The summed E-state index contributed by atoms with van der Waals surface area (Å²) in [6.07, 6.45) is 13.5. The SMILES string of the molecule is C=Cc1c(/C=C\C)[nH]c2c1CC(c1ncc(-c3ccc(F)c(C)n3)[nH]1)NC2(c1nnc(C)o1)C1CCCC(OC)CC1. The van der Waals surface area contributed by atoms with Crippen LogP contribution in [-0.2, 0) is 16.7 Å². The predicted octanol–water partition coefficient (Wildman–Crippen LogP) is 6.34. The van der Waals surface area contributed by atoms with Gasteiger partial charge >= 0.3 is 0 Å². The van der Waals surface area contributed by atoms with Crippen LogP contribution < -0.4 is 5.32 Å². The van der Waals surface area contributed by atoms with Crippen LogP contribution in [0.15, 0.2) is 35.4 Å². The average Bonchev–Trinajstić information content (AvgIpc) is 3.69. The molecule has 220 valence electrons. The zero-order valence-corrected chi connectivity index (χ0v) is 24.6. The molecule has 0 radical (unpaired) electrons. The molecule has 1 fully saturated rings. The Balaban J connectivity index is 1.52. The van der Waals surface area contributed by atoms with Crippen LogP contribution in [-0.4, -0.2) is 43.3 Å². The van der Waals surface area contributed by atoms with Gasteiger partial charge in [-0.15, -0.1) is 10.2 Å². The third kappa shape index (κ3) is 4.82. The van der Waals surface area contributed by atoms with Gasteiger partial charge in [0, 0.05) is 31.0 Å². The number of H-pyrrole nitrogens is 2. The highest BCUT2D eigenvalue weighted by Gasteiger charge is 2.53. The fourth-order valence-corrected chi connectivity index (χ4v) is 6.82. The molecule has 10 heteroatoms. The Labute approximate surface area is 245 Å². The number of hydrogen-bond donors (Lipinski definition) is 3. The molecule has 4 unspecified atom stereocenters. The molecule has 0 saturated heterocycles. The van der Waals surface area contributed by atoms with Crippen molar-refractivity contribution in [2.24, 2.45) is 5.92 Å². The maximum Gasteiger partial charge on any atom is 0.242 e. The molecule has 6 rings (SSSR count). The van der Waals surface area contributed by atoms with E-state index in [2.05, 4.69) is 43.1 Å². The molecule has 3 N–H and O–H groups in total. The Hall–Kier alpha value is -3.89. The molecule has 0 spiro atoms. The molecule has 0 amide bonds. The molecule has 0 bridgehead atoms. The summed E-state index contributed by atoms with van der Waals surface area (Å²) in [6.45, 7) is 9.67. The van der Waals surface area contributed by atoms with Crippen LogP contribution in [0.25, 0.3) is 23.5 Å². The summed E-state index contributed by atoms with van der Waals surface area (Å²) in [4.78, 5) is 16.5. The lowest BCUT2D eigenvalue weighted by Gasteiger charge is -2.44. The van der Waals surface area contributed by atoms with Gasteiger partial charge in [-0.2, -0.15) is 0 Å². The number of hydrogen-bond acceptors (Lipinski definition) is 7. The average molecular weight is 572 g/mol. The maximum atomic E-state index is 13.9. The summed E-state index contributed by atoms with van der Waals surface area (Å²) in [5.41, 5.74) is 5.16. The number of methoxy groups -OCH3 is 1. The lowest BCUT2D eigenvalue weighted by molar-refractivity contribution is 0.0849. The van der Waals surface area contributed by atoms with Crippen molar-refractivity contribution in [1.82, 2.24) is 35.5 Å². The molecular weight excluding hydrogens is 533 g/mol. The molecule has 42 heavy (non-hydrogen) atoms. The van der Waals surface area contributed by atoms with Crippen LogP contribution in [0.5, 0.6) is 0 Å². The number of aromatic amines is 2. The first-order valence-corrected chi connectivity index (χ1v) is 14.7. The summed E-state index contributed by atoms with van der Waals surface area (Å²) in [5, 5.41) is 12.9. The maximum absolute atomic E-state index is 13.9. The van der Waals surface area contributed by atoms with E-state index in [1.165, 1.54) is 6.07 Å². The molecule has 9 nitrogen and oxygen atoms in total. The summed E-state index contributed by atoms with van der Waals surface area (Å²) in [5.74, 6) is 1.62. The first kappa shape index (κ1) is 28.2. The third-order valence-corrected chi connectivity index (χ3v) is 8.87. The molecule has 1 aliphatic carbocycles. The monoisotopic (exact) mass is 571 g/mol. The van der Waals surface area contributed by atoms with Crippen LogP contribution in [0.1, 0.15) is 90.9 Å². The van der Waals surface area contributed by atoms with E-state index in [1.807, 2.05) is 26.0 Å². The third-order valence-electron chi connectivity index (χ3n) is 8.87. The van der Waals surface area contributed by atoms with E-state index >= 15 is 0 Å². The highest BCUT2D eigenvalue weighted by Crippen LogP contribution is 2.50. The van der Waals surface area contributed by atoms with E-state index < -0.39 is 5.54 Å². The van der Waals surface area contributed by atoms with Crippen LogP contribution in [0, 0.1) is 25.6 Å². The molecule has 4 aromatic rings. The smallest absolute Gasteiger partial charge is 0.242 e. The second kappa shape index (κ2) is 11.4. The minimum atomic E-state index is -0.794. The normalized spacial score (nSPS) is 24.5. The Bertz CT molecular complexity index is 1620. The zero-order valence-electron chi connectivity index (χ0n) is 24.6. The number of fused-ring (bicyclic) bond motifs is 1. The topological polar surface area (TPSA) is 118 Å². The first-order valence-electron chi connectivity index (χ1n) is 14.7. The molecular formula is C32H38FN7O2. The minimum absolute atomic E-state index is 0.143. The number of aryl methyl sites for hydroxylation is 2. The van der Waals surface area contributed by atoms with Gasteiger partial charge in [0.2, 0.25) is 11.8 Å². The van der Waals surface area contributed by atoms with E-state index in [9.17, 15) is 4.39 Å². The Kier molecular flexibility index (Phi) is 7.67. The number of allylic oxidation sites excluding steroid dienone is 1. The largest absolute Gasteiger partial charge is 0.423 e. The predicted molar refractivity (Wildman–Crippen MR) is 159 cm³/mol. The van der Waals surface area contributed by atoms with Gasteiger partial charge < -0.3 is 19.1 Å². The van der Waals surface area contributed by atoms with Gasteiger partial charge in [-0.1, -0.05) is 25.2 Å². The number of halogens is 1. The number of aromatic nitrogens is 6. The van der Waals surface area contributed by atoms with Gasteiger partial charge in [0.1, 0.15) is 17.2 Å². The van der Waals surface area contributed by atoms with E-state index in [0.717, 1.165) is 66.1 Å². The number of nitrogens with one attached hydrogen (secondary N) is 3. The summed E-state index contributed by atoms with van der Waals surface area (Å²) < 4.78 is 26.0. The zero-order chi connectivity index (χ0) is 29.4. The molecule has 5 heterocycles. The number of nitrogens with zero attached hydrogens (tertiary/aromatic N) is 4. The van der Waals surface area contributed by atoms with E-state index in [-0.39, 0.29) is 23.9 Å². The number of imidazole rings is 1. The van der Waals surface area contributed by atoms with Crippen molar-refractivity contribution in [3.8, 4) is 11.4 Å². The Morgan fingerprint density at radius 3 is 2.71 bits per heavy atom. The summed E-state index contributed by atoms with van der Waals surface area (Å²) >= 11 is 0. The van der Waals surface area contributed by atoms with Crippen LogP contribution in [0.4, 0.5) is 4.39 Å². The Morgan fingerprint density at radius 2 is 2.00 bits per heavy atom. The molecule has 0 aromatic carbocycles. The van der Waals surface area contributed by atoms with Gasteiger partial charge in [-0.05, 0) is 75.6 Å². The number of rotatable bonds is 7. The Morgan fingerprint density at radius 1 is 1.14 bits per heavy atom. The van der Waals surface area contributed by atoms with Gasteiger partial charge in [0.25, 0.3) is 0 Å². The van der Waals surface area contributed by atoms with Crippen molar-refractivity contribution in [3.63, 3.8) is 0 Å². The molecule has 4 aromatic heterocycles. The first-order chi connectivity index (χ1) is 20.4. The second-order valence-electron chi connectivity index (χ2n) is 11.4. The van der Waals surface area contributed by atoms with Gasteiger partial charge in [-0.25, -0.2) is 14.4 Å². The van der Waals surface area contributed by atoms with Gasteiger partial charge in [0.15, 0.2) is 0 Å². The molecule has 1 aliphatic heterocycles. The van der Waals surface area contributed by atoms with E-state index in [4.69, 9.17) is 14.1 Å². The number of pyridine rings is 1. The molecule has 4 atom stereocenters. The van der Waals surface area contributed by atoms with Crippen molar-refractivity contribution in [1.29, 1.82) is 0 Å². The second-order valence-corrected chi connectivity index (χ2v) is 11.4.